The lowest BCUT2D eigenvalue weighted by atomic mass is 9.86. The summed E-state index contributed by atoms with van der Waals surface area (Å²) in [5.74, 6) is -0.393. The van der Waals surface area contributed by atoms with Gasteiger partial charge in [-0.3, -0.25) is 4.79 Å². The van der Waals surface area contributed by atoms with Crippen LogP contribution in [0, 0.1) is 5.92 Å². The number of likely N-dealkylation sites (tertiary alicyclic amines) is 1. The molecule has 0 bridgehead atoms. The number of carboxylic acids is 1. The van der Waals surface area contributed by atoms with E-state index in [-0.39, 0.29) is 6.04 Å². The Kier molecular flexibility index (Phi) is 3.17. The summed E-state index contributed by atoms with van der Waals surface area (Å²) < 4.78 is 0. The number of carbonyl (C=O) groups is 1. The monoisotopic (exact) mass is 200 g/mol. The highest BCUT2D eigenvalue weighted by molar-refractivity contribution is 5.80. The van der Waals surface area contributed by atoms with Gasteiger partial charge in [0, 0.05) is 12.6 Å². The van der Waals surface area contributed by atoms with Crippen LogP contribution in [0.2, 0.25) is 0 Å². The van der Waals surface area contributed by atoms with Gasteiger partial charge in [-0.1, -0.05) is 13.8 Å². The van der Waals surface area contributed by atoms with Crippen LogP contribution in [0.4, 0.5) is 0 Å². The molecule has 0 aromatic heterocycles. The molecule has 1 rings (SSSR count). The summed E-state index contributed by atoms with van der Waals surface area (Å²) in [7, 11) is 1.95. The highest BCUT2D eigenvalue weighted by atomic mass is 16.4. The quantitative estimate of drug-likeness (QED) is 0.697. The van der Waals surface area contributed by atoms with Gasteiger partial charge in [0.1, 0.15) is 5.54 Å². The standard InChI is InChI=1S/C10H20N2O2/c1-7(2)6-8-10(11,9(13)14)4-5-12(8)3/h7-8H,4-6,11H2,1-3H3,(H,13,14). The third kappa shape index (κ3) is 1.91. The molecule has 14 heavy (non-hydrogen) atoms. The summed E-state index contributed by atoms with van der Waals surface area (Å²) in [6, 6.07) is -0.0278. The van der Waals surface area contributed by atoms with Gasteiger partial charge < -0.3 is 15.7 Å². The Morgan fingerprint density at radius 1 is 1.71 bits per heavy atom. The van der Waals surface area contributed by atoms with Crippen molar-refractivity contribution in [3.05, 3.63) is 0 Å². The molecule has 4 heteroatoms. The first kappa shape index (κ1) is 11.5. The molecule has 1 saturated heterocycles. The molecule has 1 fully saturated rings. The van der Waals surface area contributed by atoms with E-state index in [2.05, 4.69) is 18.7 Å². The molecule has 0 radical (unpaired) electrons. The molecular weight excluding hydrogens is 180 g/mol. The number of aliphatic carboxylic acids is 1. The molecule has 3 N–H and O–H groups in total. The first-order valence-electron chi connectivity index (χ1n) is 5.10. The van der Waals surface area contributed by atoms with Crippen LogP contribution in [0.15, 0.2) is 0 Å². The minimum absolute atomic E-state index is 0.0278. The number of hydrogen-bond acceptors (Lipinski definition) is 3. The summed E-state index contributed by atoms with van der Waals surface area (Å²) in [6.07, 6.45) is 1.40. The molecule has 1 heterocycles. The fraction of sp³-hybridized carbons (Fsp3) is 0.900. The molecule has 2 unspecified atom stereocenters. The number of nitrogens with zero attached hydrogens (tertiary/aromatic N) is 1. The Labute approximate surface area is 85.1 Å². The average Bonchev–Trinajstić information content (AvgIpc) is 2.33. The Balaban J connectivity index is 2.81. The normalized spacial score (nSPS) is 33.9. The molecule has 2 atom stereocenters. The van der Waals surface area contributed by atoms with Crippen LogP contribution in [0.25, 0.3) is 0 Å². The summed E-state index contributed by atoms with van der Waals surface area (Å²) in [4.78, 5) is 13.2. The van der Waals surface area contributed by atoms with Crippen molar-refractivity contribution in [3.63, 3.8) is 0 Å². The minimum atomic E-state index is -1.04. The van der Waals surface area contributed by atoms with Crippen LogP contribution >= 0.6 is 0 Å². The number of rotatable bonds is 3. The summed E-state index contributed by atoms with van der Waals surface area (Å²) >= 11 is 0. The van der Waals surface area contributed by atoms with Gasteiger partial charge in [-0.2, -0.15) is 0 Å². The van der Waals surface area contributed by atoms with E-state index >= 15 is 0 Å². The summed E-state index contributed by atoms with van der Waals surface area (Å²) in [5, 5.41) is 9.12. The van der Waals surface area contributed by atoms with E-state index in [0.717, 1.165) is 13.0 Å². The largest absolute Gasteiger partial charge is 0.480 e. The first-order chi connectivity index (χ1) is 6.38. The SMILES string of the molecule is CC(C)CC1N(C)CCC1(N)C(=O)O. The molecule has 0 spiro atoms. The molecule has 0 aromatic rings. The van der Waals surface area contributed by atoms with Crippen molar-refractivity contribution in [3.8, 4) is 0 Å². The molecular formula is C10H20N2O2. The van der Waals surface area contributed by atoms with Crippen molar-refractivity contribution in [2.45, 2.75) is 38.3 Å². The Morgan fingerprint density at radius 2 is 2.29 bits per heavy atom. The van der Waals surface area contributed by atoms with Crippen molar-refractivity contribution in [2.24, 2.45) is 11.7 Å². The third-order valence-electron chi connectivity index (χ3n) is 3.10. The Bertz CT molecular complexity index is 230. The molecule has 0 aliphatic carbocycles. The molecule has 0 amide bonds. The van der Waals surface area contributed by atoms with Crippen LogP contribution < -0.4 is 5.73 Å². The van der Waals surface area contributed by atoms with E-state index < -0.39 is 11.5 Å². The van der Waals surface area contributed by atoms with E-state index in [9.17, 15) is 4.79 Å². The zero-order valence-corrected chi connectivity index (χ0v) is 9.16. The van der Waals surface area contributed by atoms with Gasteiger partial charge in [0.15, 0.2) is 0 Å². The predicted molar refractivity (Wildman–Crippen MR) is 55.0 cm³/mol. The van der Waals surface area contributed by atoms with Crippen LogP contribution in [-0.2, 0) is 4.79 Å². The zero-order valence-electron chi connectivity index (χ0n) is 9.16. The summed E-state index contributed by atoms with van der Waals surface area (Å²) in [5.41, 5.74) is 4.90. The topological polar surface area (TPSA) is 66.6 Å². The Hall–Kier alpha value is -0.610. The smallest absolute Gasteiger partial charge is 0.325 e. The maximum absolute atomic E-state index is 11.1. The molecule has 4 nitrogen and oxygen atoms in total. The summed E-state index contributed by atoms with van der Waals surface area (Å²) in [6.45, 7) is 4.96. The zero-order chi connectivity index (χ0) is 10.9. The van der Waals surface area contributed by atoms with Crippen LogP contribution in [-0.4, -0.2) is 41.1 Å². The van der Waals surface area contributed by atoms with Gasteiger partial charge in [0.05, 0.1) is 0 Å². The van der Waals surface area contributed by atoms with Gasteiger partial charge in [-0.25, -0.2) is 0 Å². The maximum Gasteiger partial charge on any atom is 0.325 e. The highest BCUT2D eigenvalue weighted by Crippen LogP contribution is 2.29. The lowest BCUT2D eigenvalue weighted by molar-refractivity contribution is -0.144. The second-order valence-corrected chi connectivity index (χ2v) is 4.72. The van der Waals surface area contributed by atoms with Crippen molar-refractivity contribution >= 4 is 5.97 Å². The van der Waals surface area contributed by atoms with E-state index in [0.29, 0.717) is 12.3 Å². The van der Waals surface area contributed by atoms with Crippen molar-refractivity contribution in [1.82, 2.24) is 4.90 Å². The molecule has 0 saturated carbocycles. The third-order valence-corrected chi connectivity index (χ3v) is 3.10. The second kappa shape index (κ2) is 3.87. The van der Waals surface area contributed by atoms with Gasteiger partial charge in [-0.05, 0) is 25.8 Å². The molecule has 1 aliphatic heterocycles. The average molecular weight is 200 g/mol. The lowest BCUT2D eigenvalue weighted by Crippen LogP contribution is -2.57. The minimum Gasteiger partial charge on any atom is -0.480 e. The van der Waals surface area contributed by atoms with Gasteiger partial charge in [0.2, 0.25) is 0 Å². The van der Waals surface area contributed by atoms with Crippen LogP contribution in [0.1, 0.15) is 26.7 Å². The number of likely N-dealkylation sites (N-methyl/N-ethyl adjacent to an activating group) is 1. The van der Waals surface area contributed by atoms with E-state index in [4.69, 9.17) is 10.8 Å². The number of nitrogens with two attached hydrogens (primary N) is 1. The highest BCUT2D eigenvalue weighted by Gasteiger charge is 2.48. The second-order valence-electron chi connectivity index (χ2n) is 4.72. The van der Waals surface area contributed by atoms with Crippen molar-refractivity contribution in [2.75, 3.05) is 13.6 Å². The van der Waals surface area contributed by atoms with Crippen molar-refractivity contribution < 1.29 is 9.90 Å². The van der Waals surface area contributed by atoms with E-state index in [1.165, 1.54) is 0 Å². The lowest BCUT2D eigenvalue weighted by Gasteiger charge is -2.31. The fourth-order valence-corrected chi connectivity index (χ4v) is 2.16. The predicted octanol–water partition coefficient (Wildman–Crippen LogP) is 0.519. The number of carboxylic acid groups (broad SMARTS) is 1. The van der Waals surface area contributed by atoms with E-state index in [1.54, 1.807) is 0 Å². The van der Waals surface area contributed by atoms with Crippen molar-refractivity contribution in [1.29, 1.82) is 0 Å². The molecule has 0 aromatic carbocycles. The number of hydrogen-bond donors (Lipinski definition) is 2. The molecule has 1 aliphatic rings. The van der Waals surface area contributed by atoms with Crippen LogP contribution in [0.5, 0.6) is 0 Å². The van der Waals surface area contributed by atoms with Gasteiger partial charge in [0.25, 0.3) is 0 Å². The van der Waals surface area contributed by atoms with E-state index in [1.807, 2.05) is 7.05 Å². The fourth-order valence-electron chi connectivity index (χ4n) is 2.16. The van der Waals surface area contributed by atoms with Crippen LogP contribution in [0.3, 0.4) is 0 Å². The van der Waals surface area contributed by atoms with Gasteiger partial charge >= 0.3 is 5.97 Å². The maximum atomic E-state index is 11.1. The molecule has 82 valence electrons. The Morgan fingerprint density at radius 3 is 2.71 bits per heavy atom. The first-order valence-corrected chi connectivity index (χ1v) is 5.10. The van der Waals surface area contributed by atoms with Gasteiger partial charge in [-0.15, -0.1) is 0 Å².